The fourth-order valence-electron chi connectivity index (χ4n) is 1.29. The van der Waals surface area contributed by atoms with Crippen molar-refractivity contribution in [3.05, 3.63) is 24.2 Å². The maximum Gasteiger partial charge on any atom is 0.129 e. The molecule has 0 radical (unpaired) electrons. The van der Waals surface area contributed by atoms with Gasteiger partial charge in [-0.1, -0.05) is 0 Å². The van der Waals surface area contributed by atoms with Gasteiger partial charge in [-0.25, -0.2) is 0 Å². The topological polar surface area (TPSA) is 54.6 Å². The summed E-state index contributed by atoms with van der Waals surface area (Å²) in [7, 11) is 0. The standard InChI is InChI=1S/C13H19NO3/c1-2-3-4-7-14-9-12(15)10-16-11-13-6-5-8-17-13/h5-6,8,12,14-15H,4,7,9-11H2,1H3. The molecule has 2 N–H and O–H groups in total. The summed E-state index contributed by atoms with van der Waals surface area (Å²) >= 11 is 0. The molecule has 0 spiro atoms. The Morgan fingerprint density at radius 3 is 3.18 bits per heavy atom. The molecule has 1 atom stereocenters. The first-order chi connectivity index (χ1) is 8.33. The van der Waals surface area contributed by atoms with Gasteiger partial charge in [0.05, 0.1) is 19.0 Å². The molecule has 0 aliphatic carbocycles. The highest BCUT2D eigenvalue weighted by molar-refractivity contribution is 4.96. The molecule has 17 heavy (non-hydrogen) atoms. The highest BCUT2D eigenvalue weighted by Gasteiger charge is 2.04. The summed E-state index contributed by atoms with van der Waals surface area (Å²) in [6.45, 7) is 3.81. The molecule has 0 saturated carbocycles. The molecule has 0 aromatic carbocycles. The molecule has 1 heterocycles. The van der Waals surface area contributed by atoms with Gasteiger partial charge in [0.25, 0.3) is 0 Å². The first kappa shape index (κ1) is 13.8. The zero-order valence-corrected chi connectivity index (χ0v) is 10.1. The van der Waals surface area contributed by atoms with Crippen LogP contribution in [0, 0.1) is 11.8 Å². The average Bonchev–Trinajstić information content (AvgIpc) is 2.82. The van der Waals surface area contributed by atoms with Gasteiger partial charge in [0.15, 0.2) is 0 Å². The van der Waals surface area contributed by atoms with Crippen molar-refractivity contribution in [2.24, 2.45) is 0 Å². The van der Waals surface area contributed by atoms with E-state index in [0.717, 1.165) is 18.7 Å². The highest BCUT2D eigenvalue weighted by Crippen LogP contribution is 2.01. The van der Waals surface area contributed by atoms with Crippen molar-refractivity contribution < 1.29 is 14.3 Å². The second-order valence-corrected chi connectivity index (χ2v) is 3.63. The number of aliphatic hydroxyl groups excluding tert-OH is 1. The average molecular weight is 237 g/mol. The monoisotopic (exact) mass is 237 g/mol. The Balaban J connectivity index is 1.97. The summed E-state index contributed by atoms with van der Waals surface area (Å²) in [4.78, 5) is 0. The van der Waals surface area contributed by atoms with Gasteiger partial charge in [-0.15, -0.1) is 11.8 Å². The molecule has 94 valence electrons. The molecule has 0 aliphatic rings. The second kappa shape index (κ2) is 8.82. The molecule has 1 aromatic heterocycles. The van der Waals surface area contributed by atoms with Crippen molar-refractivity contribution in [1.29, 1.82) is 0 Å². The van der Waals surface area contributed by atoms with Crippen LogP contribution in [0.1, 0.15) is 19.1 Å². The van der Waals surface area contributed by atoms with Crippen LogP contribution in [-0.4, -0.2) is 30.9 Å². The number of ether oxygens (including phenoxy) is 1. The van der Waals surface area contributed by atoms with Crippen LogP contribution in [0.15, 0.2) is 22.8 Å². The Kier molecular flexibility index (Phi) is 7.15. The third-order valence-corrected chi connectivity index (χ3v) is 2.12. The largest absolute Gasteiger partial charge is 0.467 e. The van der Waals surface area contributed by atoms with Crippen LogP contribution in [0.25, 0.3) is 0 Å². The molecule has 0 bridgehead atoms. The predicted molar refractivity (Wildman–Crippen MR) is 65.3 cm³/mol. The summed E-state index contributed by atoms with van der Waals surface area (Å²) in [5, 5.41) is 12.7. The smallest absolute Gasteiger partial charge is 0.129 e. The maximum absolute atomic E-state index is 9.58. The number of hydrogen-bond acceptors (Lipinski definition) is 4. The highest BCUT2D eigenvalue weighted by atomic mass is 16.5. The quantitative estimate of drug-likeness (QED) is 0.526. The molecule has 0 amide bonds. The van der Waals surface area contributed by atoms with Crippen molar-refractivity contribution in [3.63, 3.8) is 0 Å². The molecule has 0 saturated heterocycles. The third-order valence-electron chi connectivity index (χ3n) is 2.12. The molecule has 1 aromatic rings. The molecule has 1 unspecified atom stereocenters. The van der Waals surface area contributed by atoms with E-state index < -0.39 is 6.10 Å². The summed E-state index contributed by atoms with van der Waals surface area (Å²) in [5.41, 5.74) is 0. The van der Waals surface area contributed by atoms with Gasteiger partial charge < -0.3 is 19.6 Å². The normalized spacial score (nSPS) is 11.9. The molecule has 0 aliphatic heterocycles. The molecule has 1 rings (SSSR count). The first-order valence-corrected chi connectivity index (χ1v) is 5.71. The van der Waals surface area contributed by atoms with E-state index >= 15 is 0 Å². The molecule has 4 nitrogen and oxygen atoms in total. The summed E-state index contributed by atoms with van der Waals surface area (Å²) in [6, 6.07) is 3.65. The van der Waals surface area contributed by atoms with E-state index in [-0.39, 0.29) is 0 Å². The van der Waals surface area contributed by atoms with Gasteiger partial charge >= 0.3 is 0 Å². The van der Waals surface area contributed by atoms with Crippen LogP contribution < -0.4 is 5.32 Å². The van der Waals surface area contributed by atoms with Gasteiger partial charge in [0.1, 0.15) is 12.4 Å². The molecule has 4 heteroatoms. The maximum atomic E-state index is 9.58. The zero-order chi connectivity index (χ0) is 12.3. The Labute approximate surface area is 102 Å². The van der Waals surface area contributed by atoms with Gasteiger partial charge in [-0.05, 0) is 19.1 Å². The zero-order valence-electron chi connectivity index (χ0n) is 10.1. The Bertz CT molecular complexity index is 337. The first-order valence-electron chi connectivity index (χ1n) is 5.71. The van der Waals surface area contributed by atoms with Crippen molar-refractivity contribution in [3.8, 4) is 11.8 Å². The van der Waals surface area contributed by atoms with Gasteiger partial charge in [0, 0.05) is 19.5 Å². The predicted octanol–water partition coefficient (Wildman–Crippen LogP) is 1.16. The summed E-state index contributed by atoms with van der Waals surface area (Å²) < 4.78 is 10.4. The van der Waals surface area contributed by atoms with E-state index in [4.69, 9.17) is 9.15 Å². The lowest BCUT2D eigenvalue weighted by atomic mass is 10.3. The number of furan rings is 1. The van der Waals surface area contributed by atoms with E-state index in [1.54, 1.807) is 6.26 Å². The van der Waals surface area contributed by atoms with E-state index in [9.17, 15) is 5.11 Å². The summed E-state index contributed by atoms with van der Waals surface area (Å²) in [5.74, 6) is 6.53. The lowest BCUT2D eigenvalue weighted by Crippen LogP contribution is -2.30. The molecular weight excluding hydrogens is 218 g/mol. The number of aliphatic hydroxyl groups is 1. The van der Waals surface area contributed by atoms with Crippen LogP contribution >= 0.6 is 0 Å². The van der Waals surface area contributed by atoms with Crippen molar-refractivity contribution in [2.75, 3.05) is 19.7 Å². The fraction of sp³-hybridized carbons (Fsp3) is 0.538. The number of rotatable bonds is 8. The van der Waals surface area contributed by atoms with E-state index in [2.05, 4.69) is 17.2 Å². The number of nitrogens with one attached hydrogen (secondary N) is 1. The SMILES string of the molecule is CC#CCCNCC(O)COCc1ccco1. The van der Waals surface area contributed by atoms with Crippen LogP contribution in [0.5, 0.6) is 0 Å². The van der Waals surface area contributed by atoms with Crippen LogP contribution in [-0.2, 0) is 11.3 Å². The van der Waals surface area contributed by atoms with Crippen LogP contribution in [0.4, 0.5) is 0 Å². The van der Waals surface area contributed by atoms with E-state index in [1.807, 2.05) is 19.1 Å². The minimum Gasteiger partial charge on any atom is -0.467 e. The third kappa shape index (κ3) is 6.80. The Morgan fingerprint density at radius 2 is 2.47 bits per heavy atom. The Morgan fingerprint density at radius 1 is 1.59 bits per heavy atom. The van der Waals surface area contributed by atoms with Crippen molar-refractivity contribution in [2.45, 2.75) is 26.1 Å². The minimum absolute atomic E-state index is 0.299. The van der Waals surface area contributed by atoms with Crippen molar-refractivity contribution >= 4 is 0 Å². The lowest BCUT2D eigenvalue weighted by molar-refractivity contribution is 0.0228. The Hall–Kier alpha value is -1.28. The fourth-order valence-corrected chi connectivity index (χ4v) is 1.29. The molecular formula is C13H19NO3. The van der Waals surface area contributed by atoms with Crippen molar-refractivity contribution in [1.82, 2.24) is 5.32 Å². The second-order valence-electron chi connectivity index (χ2n) is 3.63. The van der Waals surface area contributed by atoms with E-state index in [1.165, 1.54) is 0 Å². The number of hydrogen-bond donors (Lipinski definition) is 2. The summed E-state index contributed by atoms with van der Waals surface area (Å²) in [6.07, 6.45) is 1.90. The van der Waals surface area contributed by atoms with Gasteiger partial charge in [0.2, 0.25) is 0 Å². The van der Waals surface area contributed by atoms with Crippen LogP contribution in [0.2, 0.25) is 0 Å². The van der Waals surface area contributed by atoms with Gasteiger partial charge in [-0.3, -0.25) is 0 Å². The minimum atomic E-state index is -0.500. The molecule has 0 fully saturated rings. The van der Waals surface area contributed by atoms with Crippen LogP contribution in [0.3, 0.4) is 0 Å². The lowest BCUT2D eigenvalue weighted by Gasteiger charge is -2.11. The van der Waals surface area contributed by atoms with E-state index in [0.29, 0.717) is 19.8 Å². The van der Waals surface area contributed by atoms with Gasteiger partial charge in [-0.2, -0.15) is 0 Å².